The predicted octanol–water partition coefficient (Wildman–Crippen LogP) is 3.12. The minimum absolute atomic E-state index is 0.0219. The first-order chi connectivity index (χ1) is 8.08. The van der Waals surface area contributed by atoms with Gasteiger partial charge in [-0.05, 0) is 37.6 Å². The molecule has 0 fully saturated rings. The van der Waals surface area contributed by atoms with E-state index in [-0.39, 0.29) is 12.6 Å². The number of allylic oxidation sites excluding steroid dienone is 3. The van der Waals surface area contributed by atoms with Crippen LogP contribution in [0.5, 0.6) is 11.5 Å². The molecular formula is C14H14O3. The van der Waals surface area contributed by atoms with E-state index >= 15 is 0 Å². The summed E-state index contributed by atoms with van der Waals surface area (Å²) in [7, 11) is 0. The predicted molar refractivity (Wildman–Crippen MR) is 65.5 cm³/mol. The standard InChI is InChI=1S/C14H14O3/c1-9(2)6-10(3)14(15)11-4-5-12-13(7-11)17-8-16-12/h4-7H,1,8H2,2-3H3/b10-6+. The van der Waals surface area contributed by atoms with Gasteiger partial charge in [-0.3, -0.25) is 4.79 Å². The van der Waals surface area contributed by atoms with Crippen molar-refractivity contribution in [3.8, 4) is 11.5 Å². The summed E-state index contributed by atoms with van der Waals surface area (Å²) in [6, 6.07) is 5.20. The average molecular weight is 230 g/mol. The van der Waals surface area contributed by atoms with Crippen molar-refractivity contribution < 1.29 is 14.3 Å². The van der Waals surface area contributed by atoms with Gasteiger partial charge in [0.1, 0.15) is 0 Å². The minimum atomic E-state index is -0.0219. The van der Waals surface area contributed by atoms with Crippen LogP contribution < -0.4 is 9.47 Å². The molecule has 2 rings (SSSR count). The Bertz CT molecular complexity index is 512. The number of Topliss-reactive ketones (excluding diaryl/α,β-unsaturated/α-hetero) is 1. The van der Waals surface area contributed by atoms with Gasteiger partial charge in [0.05, 0.1) is 0 Å². The summed E-state index contributed by atoms with van der Waals surface area (Å²) in [5.41, 5.74) is 2.12. The first-order valence-electron chi connectivity index (χ1n) is 5.36. The molecule has 17 heavy (non-hydrogen) atoms. The van der Waals surface area contributed by atoms with Gasteiger partial charge in [-0.2, -0.15) is 0 Å². The molecule has 1 aliphatic heterocycles. The Morgan fingerprint density at radius 1 is 1.29 bits per heavy atom. The molecule has 0 aromatic heterocycles. The molecule has 1 heterocycles. The second kappa shape index (κ2) is 4.45. The van der Waals surface area contributed by atoms with Crippen LogP contribution in [-0.4, -0.2) is 12.6 Å². The molecule has 1 aromatic carbocycles. The van der Waals surface area contributed by atoms with Gasteiger partial charge in [0.25, 0.3) is 0 Å². The Morgan fingerprint density at radius 2 is 2.00 bits per heavy atom. The molecular weight excluding hydrogens is 216 g/mol. The molecule has 3 nitrogen and oxygen atoms in total. The fraction of sp³-hybridized carbons (Fsp3) is 0.214. The van der Waals surface area contributed by atoms with Crippen LogP contribution in [0.3, 0.4) is 0 Å². The molecule has 0 N–H and O–H groups in total. The summed E-state index contributed by atoms with van der Waals surface area (Å²) >= 11 is 0. The zero-order chi connectivity index (χ0) is 12.4. The Kier molecular flexibility index (Phi) is 3.00. The summed E-state index contributed by atoms with van der Waals surface area (Å²) in [4.78, 5) is 12.1. The minimum Gasteiger partial charge on any atom is -0.454 e. The summed E-state index contributed by atoms with van der Waals surface area (Å²) in [6.07, 6.45) is 1.77. The summed E-state index contributed by atoms with van der Waals surface area (Å²) in [6.45, 7) is 7.61. The summed E-state index contributed by atoms with van der Waals surface area (Å²) < 4.78 is 10.4. The Hall–Kier alpha value is -2.03. The quantitative estimate of drug-likeness (QED) is 0.454. The van der Waals surface area contributed by atoms with E-state index in [2.05, 4.69) is 6.58 Å². The number of rotatable bonds is 3. The number of carbonyl (C=O) groups excluding carboxylic acids is 1. The maximum absolute atomic E-state index is 12.1. The van der Waals surface area contributed by atoms with Crippen molar-refractivity contribution >= 4 is 5.78 Å². The van der Waals surface area contributed by atoms with Gasteiger partial charge < -0.3 is 9.47 Å². The van der Waals surface area contributed by atoms with E-state index in [1.54, 1.807) is 31.2 Å². The van der Waals surface area contributed by atoms with Crippen LogP contribution in [0.15, 0.2) is 42.0 Å². The normalized spacial score (nSPS) is 13.6. The zero-order valence-electron chi connectivity index (χ0n) is 9.95. The van der Waals surface area contributed by atoms with Gasteiger partial charge in [-0.25, -0.2) is 0 Å². The molecule has 88 valence electrons. The highest BCUT2D eigenvalue weighted by molar-refractivity contribution is 6.08. The summed E-state index contributed by atoms with van der Waals surface area (Å²) in [5.74, 6) is 1.29. The van der Waals surface area contributed by atoms with Crippen LogP contribution in [0.4, 0.5) is 0 Å². The molecule has 0 aliphatic carbocycles. The van der Waals surface area contributed by atoms with Crippen molar-refractivity contribution in [2.24, 2.45) is 0 Å². The van der Waals surface area contributed by atoms with Gasteiger partial charge >= 0.3 is 0 Å². The summed E-state index contributed by atoms with van der Waals surface area (Å²) in [5, 5.41) is 0. The van der Waals surface area contributed by atoms with Crippen molar-refractivity contribution in [1.29, 1.82) is 0 Å². The van der Waals surface area contributed by atoms with Crippen molar-refractivity contribution in [2.45, 2.75) is 13.8 Å². The highest BCUT2D eigenvalue weighted by atomic mass is 16.7. The van der Waals surface area contributed by atoms with Crippen molar-refractivity contribution in [1.82, 2.24) is 0 Å². The van der Waals surface area contributed by atoms with E-state index in [1.807, 2.05) is 6.92 Å². The van der Waals surface area contributed by atoms with Gasteiger partial charge in [-0.1, -0.05) is 18.2 Å². The zero-order valence-corrected chi connectivity index (χ0v) is 9.95. The Labute approximate surface area is 100 Å². The highest BCUT2D eigenvalue weighted by Gasteiger charge is 2.16. The van der Waals surface area contributed by atoms with Crippen LogP contribution in [-0.2, 0) is 0 Å². The van der Waals surface area contributed by atoms with Gasteiger partial charge in [-0.15, -0.1) is 0 Å². The van der Waals surface area contributed by atoms with Crippen molar-refractivity contribution in [3.05, 3.63) is 47.6 Å². The Morgan fingerprint density at radius 3 is 2.71 bits per heavy atom. The SMILES string of the molecule is C=C(C)/C=C(\C)C(=O)c1ccc2c(c1)OCO2. The maximum atomic E-state index is 12.1. The fourth-order valence-corrected chi connectivity index (χ4v) is 1.70. The first kappa shape index (κ1) is 11.5. The molecule has 0 amide bonds. The van der Waals surface area contributed by atoms with E-state index < -0.39 is 0 Å². The monoisotopic (exact) mass is 230 g/mol. The van der Waals surface area contributed by atoms with Crippen LogP contribution in [0, 0.1) is 0 Å². The highest BCUT2D eigenvalue weighted by Crippen LogP contribution is 2.33. The second-order valence-electron chi connectivity index (χ2n) is 4.07. The second-order valence-corrected chi connectivity index (χ2v) is 4.07. The van der Waals surface area contributed by atoms with E-state index in [4.69, 9.17) is 9.47 Å². The van der Waals surface area contributed by atoms with E-state index in [9.17, 15) is 4.79 Å². The Balaban J connectivity index is 2.29. The first-order valence-corrected chi connectivity index (χ1v) is 5.36. The molecule has 0 radical (unpaired) electrons. The topological polar surface area (TPSA) is 35.5 Å². The van der Waals surface area contributed by atoms with Crippen molar-refractivity contribution in [2.75, 3.05) is 6.79 Å². The third kappa shape index (κ3) is 2.38. The molecule has 0 bridgehead atoms. The molecule has 1 aliphatic rings. The number of ketones is 1. The lowest BCUT2D eigenvalue weighted by atomic mass is 10.0. The van der Waals surface area contributed by atoms with Gasteiger partial charge in [0.2, 0.25) is 6.79 Å². The van der Waals surface area contributed by atoms with E-state index in [0.29, 0.717) is 22.6 Å². The molecule has 3 heteroatoms. The number of ether oxygens (including phenoxy) is 2. The lowest BCUT2D eigenvalue weighted by Crippen LogP contribution is -2.00. The molecule has 0 saturated heterocycles. The molecule has 1 aromatic rings. The number of fused-ring (bicyclic) bond motifs is 1. The number of benzene rings is 1. The lowest BCUT2D eigenvalue weighted by molar-refractivity contribution is 0.103. The maximum Gasteiger partial charge on any atom is 0.231 e. The van der Waals surface area contributed by atoms with E-state index in [0.717, 1.165) is 5.57 Å². The molecule has 0 saturated carbocycles. The number of hydrogen-bond acceptors (Lipinski definition) is 3. The van der Waals surface area contributed by atoms with E-state index in [1.165, 1.54) is 0 Å². The van der Waals surface area contributed by atoms with Crippen LogP contribution in [0.2, 0.25) is 0 Å². The lowest BCUT2D eigenvalue weighted by Gasteiger charge is -2.03. The van der Waals surface area contributed by atoms with Crippen molar-refractivity contribution in [3.63, 3.8) is 0 Å². The fourth-order valence-electron chi connectivity index (χ4n) is 1.70. The molecule has 0 unspecified atom stereocenters. The largest absolute Gasteiger partial charge is 0.454 e. The number of hydrogen-bond donors (Lipinski definition) is 0. The third-order valence-corrected chi connectivity index (χ3v) is 2.46. The van der Waals surface area contributed by atoms with Gasteiger partial charge in [0, 0.05) is 5.56 Å². The smallest absolute Gasteiger partial charge is 0.231 e. The van der Waals surface area contributed by atoms with Crippen LogP contribution in [0.25, 0.3) is 0 Å². The van der Waals surface area contributed by atoms with Gasteiger partial charge in [0.15, 0.2) is 17.3 Å². The average Bonchev–Trinajstić information content (AvgIpc) is 2.73. The van der Waals surface area contributed by atoms with Crippen LogP contribution in [0.1, 0.15) is 24.2 Å². The molecule has 0 atom stereocenters. The third-order valence-electron chi connectivity index (χ3n) is 2.46. The van der Waals surface area contributed by atoms with Crippen LogP contribution >= 0.6 is 0 Å². The number of carbonyl (C=O) groups is 1. The molecule has 0 spiro atoms.